The molecule has 2 rings (SSSR count). The summed E-state index contributed by atoms with van der Waals surface area (Å²) >= 11 is 3.32. The Labute approximate surface area is 127 Å². The average molecular weight is 336 g/mol. The van der Waals surface area contributed by atoms with E-state index in [0.717, 1.165) is 12.1 Å². The topological polar surface area (TPSA) is 41.5 Å². The molecule has 0 atom stereocenters. The summed E-state index contributed by atoms with van der Waals surface area (Å²) in [7, 11) is 1.55. The number of hydrogen-bond donors (Lipinski definition) is 2. The molecule has 0 saturated carbocycles. The molecule has 0 bridgehead atoms. The Morgan fingerprint density at radius 1 is 1.10 bits per heavy atom. The number of rotatable bonds is 5. The molecule has 0 radical (unpaired) electrons. The first-order valence-electron chi connectivity index (χ1n) is 6.42. The maximum Gasteiger partial charge on any atom is 0.172 e. The molecule has 2 N–H and O–H groups in total. The van der Waals surface area contributed by atoms with Crippen molar-refractivity contribution in [1.82, 2.24) is 5.32 Å². The fourth-order valence-corrected chi connectivity index (χ4v) is 2.43. The number of aryl methyl sites for hydroxylation is 1. The molecule has 0 aliphatic carbocycles. The smallest absolute Gasteiger partial charge is 0.172 e. The number of methoxy groups -OCH3 is 1. The number of nitrogens with one attached hydrogen (secondary N) is 1. The van der Waals surface area contributed by atoms with Crippen LogP contribution in [0.25, 0.3) is 0 Å². The lowest BCUT2D eigenvalue weighted by Crippen LogP contribution is -2.12. The van der Waals surface area contributed by atoms with Crippen LogP contribution in [0, 0.1) is 6.92 Å². The third kappa shape index (κ3) is 3.74. The Balaban J connectivity index is 1.97. The number of ether oxygens (including phenoxy) is 1. The Morgan fingerprint density at radius 2 is 1.75 bits per heavy atom. The van der Waals surface area contributed by atoms with Gasteiger partial charge in [-0.2, -0.15) is 0 Å². The van der Waals surface area contributed by atoms with Crippen LogP contribution < -0.4 is 10.1 Å². The van der Waals surface area contributed by atoms with Gasteiger partial charge in [0.1, 0.15) is 0 Å². The summed E-state index contributed by atoms with van der Waals surface area (Å²) in [6.07, 6.45) is 0. The van der Waals surface area contributed by atoms with Gasteiger partial charge in [-0.05, 0) is 46.1 Å². The number of halogens is 1. The van der Waals surface area contributed by atoms with E-state index in [1.807, 2.05) is 12.1 Å². The van der Waals surface area contributed by atoms with Gasteiger partial charge >= 0.3 is 0 Å². The molecule has 0 fully saturated rings. The number of benzene rings is 2. The van der Waals surface area contributed by atoms with Crippen molar-refractivity contribution in [2.75, 3.05) is 7.11 Å². The van der Waals surface area contributed by atoms with E-state index in [1.54, 1.807) is 7.11 Å². The van der Waals surface area contributed by atoms with Gasteiger partial charge in [-0.3, -0.25) is 0 Å². The van der Waals surface area contributed by atoms with Crippen LogP contribution in [0.3, 0.4) is 0 Å². The maximum atomic E-state index is 9.76. The van der Waals surface area contributed by atoms with Crippen molar-refractivity contribution < 1.29 is 9.84 Å². The monoisotopic (exact) mass is 335 g/mol. The molecule has 3 nitrogen and oxygen atoms in total. The minimum Gasteiger partial charge on any atom is -0.503 e. The van der Waals surface area contributed by atoms with E-state index in [-0.39, 0.29) is 5.75 Å². The fourth-order valence-electron chi connectivity index (χ4n) is 1.94. The van der Waals surface area contributed by atoms with Crippen LogP contribution in [-0.2, 0) is 13.1 Å². The zero-order valence-corrected chi connectivity index (χ0v) is 13.2. The molecule has 0 amide bonds. The Kier molecular flexibility index (Phi) is 5.04. The van der Waals surface area contributed by atoms with E-state index in [4.69, 9.17) is 4.74 Å². The van der Waals surface area contributed by atoms with E-state index in [2.05, 4.69) is 52.4 Å². The fraction of sp³-hybridized carbons (Fsp3) is 0.250. The number of aromatic hydroxyl groups is 1. The van der Waals surface area contributed by atoms with Crippen LogP contribution in [0.15, 0.2) is 40.9 Å². The van der Waals surface area contributed by atoms with E-state index < -0.39 is 0 Å². The zero-order valence-electron chi connectivity index (χ0n) is 11.6. The van der Waals surface area contributed by atoms with Gasteiger partial charge in [0.05, 0.1) is 11.6 Å². The molecule has 0 unspecified atom stereocenters. The van der Waals surface area contributed by atoms with Gasteiger partial charge in [0.25, 0.3) is 0 Å². The molecule has 2 aromatic rings. The van der Waals surface area contributed by atoms with Crippen molar-refractivity contribution in [3.05, 3.63) is 57.6 Å². The van der Waals surface area contributed by atoms with Crippen LogP contribution >= 0.6 is 15.9 Å². The Bertz CT molecular complexity index is 582. The normalized spacial score (nSPS) is 10.6. The van der Waals surface area contributed by atoms with Crippen molar-refractivity contribution in [2.24, 2.45) is 0 Å². The van der Waals surface area contributed by atoms with Crippen LogP contribution in [0.2, 0.25) is 0 Å². The standard InChI is InChI=1S/C16H18BrNO2/c1-11-3-5-12(6-4-11)9-18-10-13-7-14(17)16(19)15(8-13)20-2/h3-8,18-19H,9-10H2,1-2H3. The first kappa shape index (κ1) is 14.9. The molecule has 106 valence electrons. The lowest BCUT2D eigenvalue weighted by atomic mass is 10.1. The molecule has 0 aliphatic rings. The Morgan fingerprint density at radius 3 is 2.40 bits per heavy atom. The van der Waals surface area contributed by atoms with Crippen molar-refractivity contribution >= 4 is 15.9 Å². The molecule has 4 heteroatoms. The lowest BCUT2D eigenvalue weighted by molar-refractivity contribution is 0.371. The molecule has 0 heterocycles. The summed E-state index contributed by atoms with van der Waals surface area (Å²) < 4.78 is 5.78. The van der Waals surface area contributed by atoms with Crippen LogP contribution in [0.1, 0.15) is 16.7 Å². The summed E-state index contributed by atoms with van der Waals surface area (Å²) in [6, 6.07) is 12.2. The van der Waals surface area contributed by atoms with Gasteiger partial charge in [-0.1, -0.05) is 29.8 Å². The highest BCUT2D eigenvalue weighted by molar-refractivity contribution is 9.10. The highest BCUT2D eigenvalue weighted by Gasteiger charge is 2.08. The summed E-state index contributed by atoms with van der Waals surface area (Å²) in [5, 5.41) is 13.1. The predicted molar refractivity (Wildman–Crippen MR) is 84.1 cm³/mol. The van der Waals surface area contributed by atoms with Crippen molar-refractivity contribution in [1.29, 1.82) is 0 Å². The largest absolute Gasteiger partial charge is 0.503 e. The molecule has 20 heavy (non-hydrogen) atoms. The summed E-state index contributed by atoms with van der Waals surface area (Å²) in [5.74, 6) is 0.612. The van der Waals surface area contributed by atoms with Gasteiger partial charge in [-0.25, -0.2) is 0 Å². The molecule has 0 spiro atoms. The maximum absolute atomic E-state index is 9.76. The highest BCUT2D eigenvalue weighted by Crippen LogP contribution is 2.35. The number of phenolic OH excluding ortho intramolecular Hbond substituents is 1. The Hall–Kier alpha value is -1.52. The SMILES string of the molecule is COc1cc(CNCc2ccc(C)cc2)cc(Br)c1O. The number of phenols is 1. The van der Waals surface area contributed by atoms with Crippen molar-refractivity contribution in [3.63, 3.8) is 0 Å². The van der Waals surface area contributed by atoms with Gasteiger partial charge in [0.15, 0.2) is 11.5 Å². The summed E-state index contributed by atoms with van der Waals surface area (Å²) in [4.78, 5) is 0. The molecule has 0 saturated heterocycles. The molecule has 0 aromatic heterocycles. The summed E-state index contributed by atoms with van der Waals surface area (Å²) in [5.41, 5.74) is 3.57. The van der Waals surface area contributed by atoms with Gasteiger partial charge in [0, 0.05) is 13.1 Å². The van der Waals surface area contributed by atoms with Gasteiger partial charge < -0.3 is 15.2 Å². The first-order chi connectivity index (χ1) is 9.60. The van der Waals surface area contributed by atoms with E-state index in [0.29, 0.717) is 16.8 Å². The van der Waals surface area contributed by atoms with E-state index >= 15 is 0 Å². The zero-order chi connectivity index (χ0) is 14.5. The predicted octanol–water partition coefficient (Wildman–Crippen LogP) is 3.76. The third-order valence-electron chi connectivity index (χ3n) is 3.09. The van der Waals surface area contributed by atoms with Crippen molar-refractivity contribution in [2.45, 2.75) is 20.0 Å². The minimum absolute atomic E-state index is 0.134. The van der Waals surface area contributed by atoms with Crippen LogP contribution in [0.4, 0.5) is 0 Å². The van der Waals surface area contributed by atoms with Crippen molar-refractivity contribution in [3.8, 4) is 11.5 Å². The highest BCUT2D eigenvalue weighted by atomic mass is 79.9. The molecular formula is C16H18BrNO2. The number of hydrogen-bond acceptors (Lipinski definition) is 3. The second kappa shape index (κ2) is 6.77. The summed E-state index contributed by atoms with van der Waals surface area (Å²) in [6.45, 7) is 3.60. The average Bonchev–Trinajstić information content (AvgIpc) is 2.44. The van der Waals surface area contributed by atoms with E-state index in [1.165, 1.54) is 11.1 Å². The van der Waals surface area contributed by atoms with Crippen LogP contribution in [-0.4, -0.2) is 12.2 Å². The second-order valence-electron chi connectivity index (χ2n) is 4.72. The quantitative estimate of drug-likeness (QED) is 0.874. The first-order valence-corrected chi connectivity index (χ1v) is 7.21. The lowest BCUT2D eigenvalue weighted by Gasteiger charge is -2.10. The second-order valence-corrected chi connectivity index (χ2v) is 5.57. The van der Waals surface area contributed by atoms with Crippen LogP contribution in [0.5, 0.6) is 11.5 Å². The molecule has 2 aromatic carbocycles. The van der Waals surface area contributed by atoms with E-state index in [9.17, 15) is 5.11 Å². The van der Waals surface area contributed by atoms with Gasteiger partial charge in [0.2, 0.25) is 0 Å². The third-order valence-corrected chi connectivity index (χ3v) is 3.69. The van der Waals surface area contributed by atoms with Gasteiger partial charge in [-0.15, -0.1) is 0 Å². The molecule has 0 aliphatic heterocycles. The minimum atomic E-state index is 0.134. The molecular weight excluding hydrogens is 318 g/mol.